The number of ether oxygens (including phenoxy) is 1. The molecule has 4 heteroatoms. The number of rotatable bonds is 7. The quantitative estimate of drug-likeness (QED) is 0.587. The molecule has 16 heavy (non-hydrogen) atoms. The van der Waals surface area contributed by atoms with Crippen molar-refractivity contribution < 1.29 is 14.6 Å². The Morgan fingerprint density at radius 1 is 1.38 bits per heavy atom. The SMILES string of the molecule is COCCCSc1ccc(CC(=O)O)cc1. The van der Waals surface area contributed by atoms with Gasteiger partial charge in [0.15, 0.2) is 0 Å². The molecule has 0 amide bonds. The van der Waals surface area contributed by atoms with Crippen LogP contribution in [0.1, 0.15) is 12.0 Å². The lowest BCUT2D eigenvalue weighted by Gasteiger charge is -2.02. The number of carboxylic acids is 1. The van der Waals surface area contributed by atoms with Crippen LogP contribution in [0, 0.1) is 0 Å². The Bertz CT molecular complexity index is 322. The number of methoxy groups -OCH3 is 1. The van der Waals surface area contributed by atoms with Crippen LogP contribution < -0.4 is 0 Å². The Kier molecular flexibility index (Phi) is 5.96. The maximum Gasteiger partial charge on any atom is 0.307 e. The molecule has 0 unspecified atom stereocenters. The van der Waals surface area contributed by atoms with Crippen molar-refractivity contribution in [2.75, 3.05) is 19.5 Å². The lowest BCUT2D eigenvalue weighted by Crippen LogP contribution is -1.99. The van der Waals surface area contributed by atoms with Crippen molar-refractivity contribution in [2.24, 2.45) is 0 Å². The van der Waals surface area contributed by atoms with Gasteiger partial charge in [-0.3, -0.25) is 4.79 Å². The largest absolute Gasteiger partial charge is 0.481 e. The van der Waals surface area contributed by atoms with Gasteiger partial charge in [-0.25, -0.2) is 0 Å². The molecule has 0 aromatic heterocycles. The van der Waals surface area contributed by atoms with Crippen LogP contribution in [0.4, 0.5) is 0 Å². The van der Waals surface area contributed by atoms with Gasteiger partial charge in [-0.2, -0.15) is 0 Å². The molecule has 0 radical (unpaired) electrons. The summed E-state index contributed by atoms with van der Waals surface area (Å²) in [7, 11) is 1.70. The molecule has 0 aliphatic carbocycles. The van der Waals surface area contributed by atoms with Crippen molar-refractivity contribution in [1.82, 2.24) is 0 Å². The van der Waals surface area contributed by atoms with Gasteiger partial charge in [0.25, 0.3) is 0 Å². The molecule has 0 aliphatic rings. The van der Waals surface area contributed by atoms with E-state index in [4.69, 9.17) is 9.84 Å². The molecule has 0 heterocycles. The maximum absolute atomic E-state index is 10.5. The Morgan fingerprint density at radius 2 is 2.06 bits per heavy atom. The molecule has 88 valence electrons. The maximum atomic E-state index is 10.5. The van der Waals surface area contributed by atoms with E-state index in [1.165, 1.54) is 4.90 Å². The number of benzene rings is 1. The molecule has 0 bridgehead atoms. The van der Waals surface area contributed by atoms with Gasteiger partial charge in [0.1, 0.15) is 0 Å². The van der Waals surface area contributed by atoms with Crippen molar-refractivity contribution >= 4 is 17.7 Å². The molecule has 0 atom stereocenters. The zero-order valence-electron chi connectivity index (χ0n) is 9.31. The fourth-order valence-electron chi connectivity index (χ4n) is 1.27. The number of aliphatic carboxylic acids is 1. The number of hydrogen-bond donors (Lipinski definition) is 1. The third-order valence-electron chi connectivity index (χ3n) is 2.04. The molecule has 0 fully saturated rings. The summed E-state index contributed by atoms with van der Waals surface area (Å²) in [5, 5.41) is 8.62. The van der Waals surface area contributed by atoms with Crippen molar-refractivity contribution in [3.8, 4) is 0 Å². The van der Waals surface area contributed by atoms with Gasteiger partial charge in [-0.15, -0.1) is 11.8 Å². The molecule has 0 saturated carbocycles. The van der Waals surface area contributed by atoms with Gasteiger partial charge in [0.2, 0.25) is 0 Å². The van der Waals surface area contributed by atoms with Crippen LogP contribution >= 0.6 is 11.8 Å². The molecule has 1 aromatic rings. The first-order valence-electron chi connectivity index (χ1n) is 5.15. The van der Waals surface area contributed by atoms with E-state index < -0.39 is 5.97 Å². The second-order valence-electron chi connectivity index (χ2n) is 3.41. The normalized spacial score (nSPS) is 10.3. The summed E-state index contributed by atoms with van der Waals surface area (Å²) in [5.74, 6) is 0.229. The molecule has 1 aromatic carbocycles. The van der Waals surface area contributed by atoms with E-state index in [2.05, 4.69) is 0 Å². The monoisotopic (exact) mass is 240 g/mol. The van der Waals surface area contributed by atoms with E-state index in [0.29, 0.717) is 0 Å². The smallest absolute Gasteiger partial charge is 0.307 e. The fraction of sp³-hybridized carbons (Fsp3) is 0.417. The first-order chi connectivity index (χ1) is 7.72. The van der Waals surface area contributed by atoms with E-state index in [-0.39, 0.29) is 6.42 Å². The second-order valence-corrected chi connectivity index (χ2v) is 4.58. The first kappa shape index (κ1) is 13.1. The van der Waals surface area contributed by atoms with Crippen LogP contribution in [0.25, 0.3) is 0 Å². The fourth-order valence-corrected chi connectivity index (χ4v) is 2.10. The zero-order valence-corrected chi connectivity index (χ0v) is 10.1. The van der Waals surface area contributed by atoms with Crippen LogP contribution in [0.3, 0.4) is 0 Å². The third-order valence-corrected chi connectivity index (χ3v) is 3.14. The average molecular weight is 240 g/mol. The van der Waals surface area contributed by atoms with Crippen LogP contribution in [0.5, 0.6) is 0 Å². The van der Waals surface area contributed by atoms with E-state index in [0.717, 1.165) is 24.3 Å². The molecule has 1 N–H and O–H groups in total. The number of hydrogen-bond acceptors (Lipinski definition) is 3. The molecule has 3 nitrogen and oxygen atoms in total. The Hall–Kier alpha value is -1.00. The summed E-state index contributed by atoms with van der Waals surface area (Å²) in [4.78, 5) is 11.7. The summed E-state index contributed by atoms with van der Waals surface area (Å²) in [6, 6.07) is 7.67. The summed E-state index contributed by atoms with van der Waals surface area (Å²) < 4.78 is 4.96. The molecule has 1 rings (SSSR count). The van der Waals surface area contributed by atoms with Crippen molar-refractivity contribution in [3.05, 3.63) is 29.8 Å². The van der Waals surface area contributed by atoms with Crippen LogP contribution in [-0.2, 0) is 16.0 Å². The highest BCUT2D eigenvalue weighted by Crippen LogP contribution is 2.19. The highest BCUT2D eigenvalue weighted by Gasteiger charge is 2.00. The van der Waals surface area contributed by atoms with Crippen LogP contribution in [0.2, 0.25) is 0 Å². The summed E-state index contributed by atoms with van der Waals surface area (Å²) in [5.41, 5.74) is 0.841. The Labute approximate surface area is 99.8 Å². The standard InChI is InChI=1S/C12H16O3S/c1-15-7-2-8-16-11-5-3-10(4-6-11)9-12(13)14/h3-6H,2,7-9H2,1H3,(H,13,14). The first-order valence-corrected chi connectivity index (χ1v) is 6.13. The lowest BCUT2D eigenvalue weighted by molar-refractivity contribution is -0.136. The van der Waals surface area contributed by atoms with Crippen LogP contribution in [0.15, 0.2) is 29.2 Å². The van der Waals surface area contributed by atoms with E-state index >= 15 is 0 Å². The average Bonchev–Trinajstić information content (AvgIpc) is 2.26. The van der Waals surface area contributed by atoms with Gasteiger partial charge in [-0.05, 0) is 24.1 Å². The Balaban J connectivity index is 2.36. The highest BCUT2D eigenvalue weighted by molar-refractivity contribution is 7.99. The van der Waals surface area contributed by atoms with Crippen molar-refractivity contribution in [3.63, 3.8) is 0 Å². The minimum Gasteiger partial charge on any atom is -0.481 e. The van der Waals surface area contributed by atoms with Gasteiger partial charge in [0.05, 0.1) is 6.42 Å². The number of carboxylic acid groups (broad SMARTS) is 1. The topological polar surface area (TPSA) is 46.5 Å². The van der Waals surface area contributed by atoms with Gasteiger partial charge in [-0.1, -0.05) is 12.1 Å². The van der Waals surface area contributed by atoms with Gasteiger partial charge in [0, 0.05) is 24.4 Å². The zero-order chi connectivity index (χ0) is 11.8. The Morgan fingerprint density at radius 3 is 2.62 bits per heavy atom. The van der Waals surface area contributed by atoms with Gasteiger partial charge < -0.3 is 9.84 Å². The predicted molar refractivity (Wildman–Crippen MR) is 65.0 cm³/mol. The number of thioether (sulfide) groups is 1. The van der Waals surface area contributed by atoms with E-state index in [1.54, 1.807) is 18.9 Å². The highest BCUT2D eigenvalue weighted by atomic mass is 32.2. The molecule has 0 aliphatic heterocycles. The molecule has 0 spiro atoms. The van der Waals surface area contributed by atoms with Crippen molar-refractivity contribution in [1.29, 1.82) is 0 Å². The minimum absolute atomic E-state index is 0.0919. The second kappa shape index (κ2) is 7.30. The van der Waals surface area contributed by atoms with E-state index in [9.17, 15) is 4.79 Å². The van der Waals surface area contributed by atoms with Crippen LogP contribution in [-0.4, -0.2) is 30.5 Å². The molecule has 0 saturated heterocycles. The summed E-state index contributed by atoms with van der Waals surface area (Å²) >= 11 is 1.76. The summed E-state index contributed by atoms with van der Waals surface area (Å²) in [6.45, 7) is 0.782. The number of carbonyl (C=O) groups is 1. The third kappa shape index (κ3) is 5.19. The minimum atomic E-state index is -0.791. The lowest BCUT2D eigenvalue weighted by atomic mass is 10.2. The molecular formula is C12H16O3S. The van der Waals surface area contributed by atoms with Gasteiger partial charge >= 0.3 is 5.97 Å². The van der Waals surface area contributed by atoms with Crippen molar-refractivity contribution in [2.45, 2.75) is 17.7 Å². The van der Waals surface area contributed by atoms with E-state index in [1.807, 2.05) is 24.3 Å². The summed E-state index contributed by atoms with van der Waals surface area (Å²) in [6.07, 6.45) is 1.12. The molecular weight excluding hydrogens is 224 g/mol. The predicted octanol–water partition coefficient (Wildman–Crippen LogP) is 2.44.